The van der Waals surface area contributed by atoms with Gasteiger partial charge in [-0.1, -0.05) is 49.7 Å². The van der Waals surface area contributed by atoms with Crippen LogP contribution >= 0.6 is 0 Å². The van der Waals surface area contributed by atoms with Gasteiger partial charge in [-0.05, 0) is 30.5 Å². The minimum Gasteiger partial charge on any atom is -0.494 e. The van der Waals surface area contributed by atoms with Crippen LogP contribution in [0.15, 0.2) is 54.6 Å². The molecule has 0 saturated carbocycles. The third kappa shape index (κ3) is 4.96. The summed E-state index contributed by atoms with van der Waals surface area (Å²) in [6, 6.07) is 18.7. The predicted molar refractivity (Wildman–Crippen MR) is 85.5 cm³/mol. The van der Waals surface area contributed by atoms with Crippen LogP contribution in [-0.4, -0.2) is 13.2 Å². The third-order valence-electron chi connectivity index (χ3n) is 3.19. The molecular formula is C18H23NO. The van der Waals surface area contributed by atoms with Crippen LogP contribution in [0.3, 0.4) is 0 Å². The van der Waals surface area contributed by atoms with Gasteiger partial charge in [-0.2, -0.15) is 0 Å². The lowest BCUT2D eigenvalue weighted by molar-refractivity contribution is 0.309. The van der Waals surface area contributed by atoms with Crippen molar-refractivity contribution in [3.8, 4) is 5.75 Å². The largest absolute Gasteiger partial charge is 0.494 e. The van der Waals surface area contributed by atoms with Gasteiger partial charge < -0.3 is 10.1 Å². The zero-order chi connectivity index (χ0) is 14.0. The Morgan fingerprint density at radius 1 is 1.00 bits per heavy atom. The SMILES string of the molecule is CCCCOc1cccc(NCCc2ccccc2)c1. The molecule has 0 amide bonds. The Bertz CT molecular complexity index is 496. The predicted octanol–water partition coefficient (Wildman–Crippen LogP) is 4.52. The molecule has 0 saturated heterocycles. The molecule has 2 heteroatoms. The number of anilines is 1. The van der Waals surface area contributed by atoms with Gasteiger partial charge in [0.15, 0.2) is 0 Å². The fraction of sp³-hybridized carbons (Fsp3) is 0.333. The highest BCUT2D eigenvalue weighted by atomic mass is 16.5. The van der Waals surface area contributed by atoms with Gasteiger partial charge in [-0.15, -0.1) is 0 Å². The summed E-state index contributed by atoms with van der Waals surface area (Å²) >= 11 is 0. The molecule has 2 rings (SSSR count). The maximum Gasteiger partial charge on any atom is 0.121 e. The van der Waals surface area contributed by atoms with Gasteiger partial charge in [0.05, 0.1) is 6.61 Å². The summed E-state index contributed by atoms with van der Waals surface area (Å²) in [5.74, 6) is 0.947. The molecule has 0 fully saturated rings. The van der Waals surface area contributed by atoms with Crippen LogP contribution < -0.4 is 10.1 Å². The summed E-state index contributed by atoms with van der Waals surface area (Å²) in [6.07, 6.45) is 3.29. The van der Waals surface area contributed by atoms with Crippen molar-refractivity contribution in [2.75, 3.05) is 18.5 Å². The minimum absolute atomic E-state index is 0.796. The summed E-state index contributed by atoms with van der Waals surface area (Å²) in [5.41, 5.74) is 2.48. The van der Waals surface area contributed by atoms with E-state index in [0.717, 1.165) is 43.9 Å². The maximum absolute atomic E-state index is 5.71. The molecule has 0 bridgehead atoms. The molecule has 0 aromatic heterocycles. The fourth-order valence-electron chi connectivity index (χ4n) is 2.03. The van der Waals surface area contributed by atoms with Crippen molar-refractivity contribution in [1.29, 1.82) is 0 Å². The van der Waals surface area contributed by atoms with Crippen molar-refractivity contribution in [2.24, 2.45) is 0 Å². The van der Waals surface area contributed by atoms with Crippen molar-refractivity contribution in [2.45, 2.75) is 26.2 Å². The van der Waals surface area contributed by atoms with Crippen LogP contribution in [0.1, 0.15) is 25.3 Å². The van der Waals surface area contributed by atoms with E-state index < -0.39 is 0 Å². The third-order valence-corrected chi connectivity index (χ3v) is 3.19. The van der Waals surface area contributed by atoms with Gasteiger partial charge in [0.25, 0.3) is 0 Å². The van der Waals surface area contributed by atoms with Crippen molar-refractivity contribution < 1.29 is 4.74 Å². The summed E-state index contributed by atoms with van der Waals surface area (Å²) in [4.78, 5) is 0. The lowest BCUT2D eigenvalue weighted by Gasteiger charge is -2.09. The van der Waals surface area contributed by atoms with Crippen LogP contribution in [0, 0.1) is 0 Å². The molecule has 2 aromatic rings. The Morgan fingerprint density at radius 2 is 1.85 bits per heavy atom. The molecule has 0 unspecified atom stereocenters. The van der Waals surface area contributed by atoms with Gasteiger partial charge in [0.2, 0.25) is 0 Å². The lowest BCUT2D eigenvalue weighted by Crippen LogP contribution is -2.05. The van der Waals surface area contributed by atoms with E-state index in [4.69, 9.17) is 4.74 Å². The summed E-state index contributed by atoms with van der Waals surface area (Å²) < 4.78 is 5.71. The highest BCUT2D eigenvalue weighted by molar-refractivity contribution is 5.48. The molecule has 2 aromatic carbocycles. The number of rotatable bonds is 8. The second-order valence-electron chi connectivity index (χ2n) is 4.89. The second-order valence-corrected chi connectivity index (χ2v) is 4.89. The molecule has 0 atom stereocenters. The molecular weight excluding hydrogens is 246 g/mol. The standard InChI is InChI=1S/C18H23NO/c1-2-3-14-20-18-11-7-10-17(15-18)19-13-12-16-8-5-4-6-9-16/h4-11,15,19H,2-3,12-14H2,1H3. The molecule has 1 N–H and O–H groups in total. The smallest absolute Gasteiger partial charge is 0.121 e. The summed E-state index contributed by atoms with van der Waals surface area (Å²) in [5, 5.41) is 3.44. The molecule has 20 heavy (non-hydrogen) atoms. The Labute approximate surface area is 121 Å². The molecule has 0 radical (unpaired) electrons. The maximum atomic E-state index is 5.71. The molecule has 0 aliphatic heterocycles. The van der Waals surface area contributed by atoms with E-state index >= 15 is 0 Å². The molecule has 0 heterocycles. The van der Waals surface area contributed by atoms with E-state index in [2.05, 4.69) is 48.6 Å². The van der Waals surface area contributed by atoms with Gasteiger partial charge in [-0.25, -0.2) is 0 Å². The van der Waals surface area contributed by atoms with Crippen LogP contribution in [0.4, 0.5) is 5.69 Å². The average Bonchev–Trinajstić information content (AvgIpc) is 2.49. The van der Waals surface area contributed by atoms with Crippen LogP contribution in [-0.2, 0) is 6.42 Å². The Kier molecular flexibility index (Phi) is 5.97. The van der Waals surface area contributed by atoms with Crippen LogP contribution in [0.25, 0.3) is 0 Å². The normalized spacial score (nSPS) is 10.2. The highest BCUT2D eigenvalue weighted by Gasteiger charge is 1.97. The number of unbranched alkanes of at least 4 members (excludes halogenated alkanes) is 1. The minimum atomic E-state index is 0.796. The molecule has 106 valence electrons. The monoisotopic (exact) mass is 269 g/mol. The van der Waals surface area contributed by atoms with E-state index in [9.17, 15) is 0 Å². The molecule has 0 spiro atoms. The quantitative estimate of drug-likeness (QED) is 0.711. The zero-order valence-corrected chi connectivity index (χ0v) is 12.1. The van der Waals surface area contributed by atoms with E-state index in [-0.39, 0.29) is 0 Å². The van der Waals surface area contributed by atoms with E-state index in [1.54, 1.807) is 0 Å². The van der Waals surface area contributed by atoms with Gasteiger partial charge in [0, 0.05) is 18.3 Å². The number of ether oxygens (including phenoxy) is 1. The molecule has 2 nitrogen and oxygen atoms in total. The highest BCUT2D eigenvalue weighted by Crippen LogP contribution is 2.17. The number of hydrogen-bond donors (Lipinski definition) is 1. The first kappa shape index (κ1) is 14.4. The first-order chi connectivity index (χ1) is 9.88. The van der Waals surface area contributed by atoms with Crippen molar-refractivity contribution in [1.82, 2.24) is 0 Å². The summed E-state index contributed by atoms with van der Waals surface area (Å²) in [6.45, 7) is 3.90. The average molecular weight is 269 g/mol. The number of nitrogens with one attached hydrogen (secondary N) is 1. The van der Waals surface area contributed by atoms with E-state index in [0.29, 0.717) is 0 Å². The summed E-state index contributed by atoms with van der Waals surface area (Å²) in [7, 11) is 0. The first-order valence-electron chi connectivity index (χ1n) is 7.39. The Morgan fingerprint density at radius 3 is 2.65 bits per heavy atom. The number of hydrogen-bond acceptors (Lipinski definition) is 2. The van der Waals surface area contributed by atoms with Crippen molar-refractivity contribution in [3.05, 3.63) is 60.2 Å². The van der Waals surface area contributed by atoms with Crippen LogP contribution in [0.2, 0.25) is 0 Å². The van der Waals surface area contributed by atoms with E-state index in [1.165, 1.54) is 5.56 Å². The van der Waals surface area contributed by atoms with E-state index in [1.807, 2.05) is 18.2 Å². The van der Waals surface area contributed by atoms with Crippen LogP contribution in [0.5, 0.6) is 5.75 Å². The first-order valence-corrected chi connectivity index (χ1v) is 7.39. The van der Waals surface area contributed by atoms with Crippen molar-refractivity contribution in [3.63, 3.8) is 0 Å². The molecule has 0 aliphatic rings. The Hall–Kier alpha value is -1.96. The lowest BCUT2D eigenvalue weighted by atomic mass is 10.1. The second kappa shape index (κ2) is 8.26. The van der Waals surface area contributed by atoms with Gasteiger partial charge in [0.1, 0.15) is 5.75 Å². The Balaban J connectivity index is 1.79. The molecule has 0 aliphatic carbocycles. The topological polar surface area (TPSA) is 21.3 Å². The zero-order valence-electron chi connectivity index (χ0n) is 12.1. The fourth-order valence-corrected chi connectivity index (χ4v) is 2.03. The number of benzene rings is 2. The van der Waals surface area contributed by atoms with Crippen molar-refractivity contribution >= 4 is 5.69 Å². The van der Waals surface area contributed by atoms with Gasteiger partial charge in [-0.3, -0.25) is 0 Å². The van der Waals surface area contributed by atoms with Gasteiger partial charge >= 0.3 is 0 Å².